The zero-order chi connectivity index (χ0) is 11.1. The van der Waals surface area contributed by atoms with Gasteiger partial charge in [0.15, 0.2) is 0 Å². The lowest BCUT2D eigenvalue weighted by atomic mass is 10.2. The fourth-order valence-electron chi connectivity index (χ4n) is 1.43. The van der Waals surface area contributed by atoms with Crippen molar-refractivity contribution in [3.05, 3.63) is 71.8 Å². The first-order valence-corrected chi connectivity index (χ1v) is 5.35. The summed E-state index contributed by atoms with van der Waals surface area (Å²) in [5.41, 5.74) is 5.41. The van der Waals surface area contributed by atoms with Gasteiger partial charge in [0.05, 0.1) is 5.69 Å². The zero-order valence-electron chi connectivity index (χ0n) is 9.06. The molecule has 0 bridgehead atoms. The van der Waals surface area contributed by atoms with Crippen molar-refractivity contribution in [2.45, 2.75) is 14.0 Å². The lowest BCUT2D eigenvalue weighted by molar-refractivity contribution is 0.730. The number of pyridine rings is 1. The molecule has 2 rings (SSSR count). The van der Waals surface area contributed by atoms with Crippen molar-refractivity contribution in [3.8, 4) is 0 Å². The SMILES string of the molecule is C.C1=CC=CC=CC=1CNCc1ccccn1.[HH]. The molecule has 2 heteroatoms. The van der Waals surface area contributed by atoms with Gasteiger partial charge in [0.25, 0.3) is 0 Å². The van der Waals surface area contributed by atoms with E-state index in [-0.39, 0.29) is 8.85 Å². The fourth-order valence-corrected chi connectivity index (χ4v) is 1.43. The number of hydrogen-bond acceptors (Lipinski definition) is 2. The molecule has 0 unspecified atom stereocenters. The molecule has 0 amide bonds. The van der Waals surface area contributed by atoms with Crippen LogP contribution in [0.3, 0.4) is 0 Å². The number of allylic oxidation sites excluding steroid dienone is 3. The Labute approximate surface area is 105 Å². The molecule has 1 aliphatic rings. The Kier molecular flexibility index (Phi) is 5.73. The Morgan fingerprint density at radius 1 is 1.18 bits per heavy atom. The maximum atomic E-state index is 4.25. The van der Waals surface area contributed by atoms with E-state index in [1.807, 2.05) is 48.7 Å². The van der Waals surface area contributed by atoms with Gasteiger partial charge in [-0.05, 0) is 24.3 Å². The van der Waals surface area contributed by atoms with Crippen molar-refractivity contribution in [1.29, 1.82) is 0 Å². The van der Waals surface area contributed by atoms with Crippen molar-refractivity contribution in [1.82, 2.24) is 10.3 Å². The summed E-state index contributed by atoms with van der Waals surface area (Å²) in [7, 11) is 0. The summed E-state index contributed by atoms with van der Waals surface area (Å²) in [6, 6.07) is 5.94. The van der Waals surface area contributed by atoms with Crippen LogP contribution in [-0.2, 0) is 6.54 Å². The molecule has 1 aliphatic carbocycles. The second kappa shape index (κ2) is 7.39. The molecular weight excluding hydrogens is 208 g/mol. The molecular formula is C15H20N2. The minimum atomic E-state index is 0. The second-order valence-corrected chi connectivity index (χ2v) is 3.50. The number of aromatic nitrogens is 1. The van der Waals surface area contributed by atoms with Crippen molar-refractivity contribution < 1.29 is 1.43 Å². The van der Waals surface area contributed by atoms with Gasteiger partial charge in [0.2, 0.25) is 0 Å². The van der Waals surface area contributed by atoms with Gasteiger partial charge in [0.1, 0.15) is 0 Å². The highest BCUT2D eigenvalue weighted by Crippen LogP contribution is 1.98. The van der Waals surface area contributed by atoms with E-state index >= 15 is 0 Å². The number of hydrogen-bond donors (Lipinski definition) is 1. The Balaban J connectivity index is 0.00000144. The predicted octanol–water partition coefficient (Wildman–Crippen LogP) is 3.26. The van der Waals surface area contributed by atoms with Gasteiger partial charge in [0, 0.05) is 26.3 Å². The van der Waals surface area contributed by atoms with Gasteiger partial charge in [-0.2, -0.15) is 0 Å². The van der Waals surface area contributed by atoms with E-state index in [2.05, 4.69) is 22.1 Å². The fraction of sp³-hybridized carbons (Fsp3) is 0.200. The Hall–Kier alpha value is -1.89. The number of nitrogens with one attached hydrogen (secondary N) is 1. The monoisotopic (exact) mass is 228 g/mol. The minimum absolute atomic E-state index is 0. The molecule has 1 heterocycles. The predicted molar refractivity (Wildman–Crippen MR) is 74.7 cm³/mol. The highest BCUT2D eigenvalue weighted by molar-refractivity contribution is 5.28. The molecule has 1 aromatic heterocycles. The Bertz CT molecular complexity index is 455. The van der Waals surface area contributed by atoms with E-state index in [0.717, 1.165) is 24.4 Å². The van der Waals surface area contributed by atoms with E-state index < -0.39 is 0 Å². The first-order chi connectivity index (χ1) is 7.95. The summed E-state index contributed by atoms with van der Waals surface area (Å²) in [5.74, 6) is 0. The molecule has 0 spiro atoms. The van der Waals surface area contributed by atoms with E-state index in [4.69, 9.17) is 0 Å². The van der Waals surface area contributed by atoms with Crippen LogP contribution < -0.4 is 5.32 Å². The van der Waals surface area contributed by atoms with Crippen LogP contribution >= 0.6 is 0 Å². The van der Waals surface area contributed by atoms with E-state index in [0.29, 0.717) is 0 Å². The molecule has 0 saturated heterocycles. The lowest BCUT2D eigenvalue weighted by Gasteiger charge is -2.03. The largest absolute Gasteiger partial charge is 0.306 e. The van der Waals surface area contributed by atoms with Gasteiger partial charge in [-0.1, -0.05) is 31.7 Å². The third-order valence-electron chi connectivity index (χ3n) is 2.23. The van der Waals surface area contributed by atoms with Gasteiger partial charge in [-0.3, -0.25) is 4.98 Å². The average molecular weight is 228 g/mol. The van der Waals surface area contributed by atoms with E-state index in [9.17, 15) is 0 Å². The molecule has 0 aromatic carbocycles. The minimum Gasteiger partial charge on any atom is -0.306 e. The van der Waals surface area contributed by atoms with Gasteiger partial charge < -0.3 is 5.32 Å². The summed E-state index contributed by atoms with van der Waals surface area (Å²) < 4.78 is 0. The maximum absolute atomic E-state index is 4.25. The Morgan fingerprint density at radius 3 is 2.94 bits per heavy atom. The van der Waals surface area contributed by atoms with Crippen molar-refractivity contribution in [2.24, 2.45) is 0 Å². The molecule has 1 aromatic rings. The quantitative estimate of drug-likeness (QED) is 0.800. The van der Waals surface area contributed by atoms with Gasteiger partial charge >= 0.3 is 0 Å². The smallest absolute Gasteiger partial charge is 0.0541 e. The zero-order valence-corrected chi connectivity index (χ0v) is 9.06. The average Bonchev–Trinajstić information content (AvgIpc) is 2.59. The summed E-state index contributed by atoms with van der Waals surface area (Å²) in [6.45, 7) is 1.60. The molecule has 0 radical (unpaired) electrons. The van der Waals surface area contributed by atoms with Crippen LogP contribution in [0.15, 0.2) is 66.1 Å². The third kappa shape index (κ3) is 4.64. The second-order valence-electron chi connectivity index (χ2n) is 3.50. The maximum Gasteiger partial charge on any atom is 0.0541 e. The van der Waals surface area contributed by atoms with E-state index in [1.165, 1.54) is 0 Å². The van der Waals surface area contributed by atoms with Crippen molar-refractivity contribution in [2.75, 3.05) is 6.54 Å². The molecule has 0 fully saturated rings. The van der Waals surface area contributed by atoms with Crippen molar-refractivity contribution >= 4 is 0 Å². The topological polar surface area (TPSA) is 24.9 Å². The Morgan fingerprint density at radius 2 is 2.12 bits per heavy atom. The van der Waals surface area contributed by atoms with Crippen LogP contribution in [0, 0.1) is 0 Å². The van der Waals surface area contributed by atoms with Crippen LogP contribution in [-0.4, -0.2) is 11.5 Å². The molecule has 0 atom stereocenters. The molecule has 17 heavy (non-hydrogen) atoms. The first kappa shape index (κ1) is 13.2. The van der Waals surface area contributed by atoms with Crippen LogP contribution in [0.1, 0.15) is 14.5 Å². The summed E-state index contributed by atoms with van der Waals surface area (Å²) in [5, 5.41) is 3.34. The number of nitrogens with zero attached hydrogens (tertiary/aromatic N) is 1. The molecule has 1 N–H and O–H groups in total. The van der Waals surface area contributed by atoms with E-state index in [1.54, 1.807) is 0 Å². The van der Waals surface area contributed by atoms with Crippen LogP contribution in [0.4, 0.5) is 0 Å². The summed E-state index contributed by atoms with van der Waals surface area (Å²) in [6.07, 6.45) is 11.8. The molecule has 0 saturated carbocycles. The first-order valence-electron chi connectivity index (χ1n) is 5.35. The summed E-state index contributed by atoms with van der Waals surface area (Å²) in [4.78, 5) is 4.25. The standard InChI is InChI=1S/C14H14N2.CH4.H2/c1-2-4-8-13(7-3-1)11-15-12-14-9-5-6-10-16-14;;/h1-7,9-10,15H,11-12H2;1H4;1H. The van der Waals surface area contributed by atoms with Crippen LogP contribution in [0.5, 0.6) is 0 Å². The van der Waals surface area contributed by atoms with Gasteiger partial charge in [-0.25, -0.2) is 0 Å². The molecule has 90 valence electrons. The lowest BCUT2D eigenvalue weighted by Crippen LogP contribution is -2.16. The third-order valence-corrected chi connectivity index (χ3v) is 2.23. The highest BCUT2D eigenvalue weighted by atomic mass is 14.9. The highest BCUT2D eigenvalue weighted by Gasteiger charge is 1.94. The molecule has 0 aliphatic heterocycles. The normalized spacial score (nSPS) is 12.8. The van der Waals surface area contributed by atoms with Gasteiger partial charge in [-0.15, -0.1) is 5.73 Å². The van der Waals surface area contributed by atoms with Crippen molar-refractivity contribution in [3.63, 3.8) is 0 Å². The van der Waals surface area contributed by atoms with Crippen LogP contribution in [0.2, 0.25) is 0 Å². The number of rotatable bonds is 4. The summed E-state index contributed by atoms with van der Waals surface area (Å²) >= 11 is 0. The molecule has 2 nitrogen and oxygen atoms in total. The van der Waals surface area contributed by atoms with Crippen LogP contribution in [0.25, 0.3) is 0 Å².